The summed E-state index contributed by atoms with van der Waals surface area (Å²) in [7, 11) is -0.0162. The molecule has 39 heavy (non-hydrogen) atoms. The molecule has 0 amide bonds. The zero-order valence-corrected chi connectivity index (χ0v) is 23.6. The highest BCUT2D eigenvalue weighted by Gasteiger charge is 2.38. The molecule has 5 heterocycles. The van der Waals surface area contributed by atoms with Gasteiger partial charge in [-0.3, -0.25) is 4.57 Å². The van der Waals surface area contributed by atoms with Gasteiger partial charge >= 0.3 is 0 Å². The smallest absolute Gasteiger partial charge is 0.229 e. The Hall–Kier alpha value is -3.30. The second-order valence-corrected chi connectivity index (χ2v) is 14.3. The van der Waals surface area contributed by atoms with Crippen LogP contribution >= 0.6 is 0 Å². The van der Waals surface area contributed by atoms with E-state index in [0.29, 0.717) is 23.6 Å². The third-order valence-electron chi connectivity index (χ3n) is 8.56. The Bertz CT molecular complexity index is 1640. The Morgan fingerprint density at radius 1 is 0.949 bits per heavy atom. The van der Waals surface area contributed by atoms with Gasteiger partial charge < -0.3 is 10.2 Å². The molecule has 1 N–H and O–H groups in total. The standard InChI is InChI=1S/C30H35N7OS/c1-36-24-13-14-25(36)16-21(15-24)19-9-11-23(12-10-19)32-30-31-18-22-17-26(20-7-8-20)37(29(22)34-30)28-6-4-5-27(33-28)35-39(2,3)38/h4-6,9-12,17-18,20-21,24-25H,7-8,13-16H2,1-3H3,(H,31,32,34). The second-order valence-electron chi connectivity index (χ2n) is 11.7. The molecular formula is C30H35N7OS. The van der Waals surface area contributed by atoms with Crippen LogP contribution in [-0.2, 0) is 9.73 Å². The third-order valence-corrected chi connectivity index (χ3v) is 9.19. The number of nitrogens with one attached hydrogen (secondary N) is 1. The van der Waals surface area contributed by atoms with E-state index in [2.05, 4.69) is 61.5 Å². The summed E-state index contributed by atoms with van der Waals surface area (Å²) in [5, 5.41) is 4.40. The first kappa shape index (κ1) is 24.7. The van der Waals surface area contributed by atoms with Gasteiger partial charge in [-0.05, 0) is 93.3 Å². The fourth-order valence-electron chi connectivity index (χ4n) is 6.45. The van der Waals surface area contributed by atoms with Crippen LogP contribution in [0.4, 0.5) is 17.5 Å². The van der Waals surface area contributed by atoms with Crippen molar-refractivity contribution in [1.29, 1.82) is 0 Å². The normalized spacial score (nSPS) is 23.3. The van der Waals surface area contributed by atoms with Crippen LogP contribution in [0.2, 0.25) is 0 Å². The number of fused-ring (bicyclic) bond motifs is 3. The fourth-order valence-corrected chi connectivity index (χ4v) is 7.01. The zero-order chi connectivity index (χ0) is 26.7. The maximum Gasteiger partial charge on any atom is 0.229 e. The van der Waals surface area contributed by atoms with Crippen LogP contribution < -0.4 is 5.32 Å². The van der Waals surface area contributed by atoms with Gasteiger partial charge in [-0.15, -0.1) is 0 Å². The van der Waals surface area contributed by atoms with E-state index in [1.807, 2.05) is 18.3 Å². The quantitative estimate of drug-likeness (QED) is 0.316. The van der Waals surface area contributed by atoms with E-state index >= 15 is 0 Å². The first-order valence-corrected chi connectivity index (χ1v) is 16.3. The SMILES string of the molecule is CN1C2CCC1CC(c1ccc(Nc3ncc4cc(C5CC5)n(-c5cccc(N=S(C)(C)=O)n5)c4n3)cc1)C2. The molecule has 2 unspecified atom stereocenters. The van der Waals surface area contributed by atoms with Gasteiger partial charge in [0.25, 0.3) is 0 Å². The van der Waals surface area contributed by atoms with Crippen LogP contribution in [0.15, 0.2) is 59.1 Å². The minimum Gasteiger partial charge on any atom is -0.324 e. The molecule has 3 aliphatic rings. The largest absolute Gasteiger partial charge is 0.324 e. The Kier molecular flexibility index (Phi) is 5.97. The van der Waals surface area contributed by atoms with Crippen molar-refractivity contribution >= 4 is 38.2 Å². The number of piperidine rings is 1. The molecule has 2 bridgehead atoms. The monoisotopic (exact) mass is 541 g/mol. The van der Waals surface area contributed by atoms with Crippen molar-refractivity contribution in [3.8, 4) is 5.82 Å². The Morgan fingerprint density at radius 2 is 1.69 bits per heavy atom. The van der Waals surface area contributed by atoms with Crippen LogP contribution in [-0.4, -0.2) is 60.3 Å². The van der Waals surface area contributed by atoms with E-state index in [9.17, 15) is 4.21 Å². The van der Waals surface area contributed by atoms with Gasteiger partial charge in [0, 0.05) is 57.3 Å². The van der Waals surface area contributed by atoms with E-state index in [0.717, 1.165) is 47.5 Å². The second kappa shape index (κ2) is 9.41. The molecule has 3 aromatic heterocycles. The maximum atomic E-state index is 12.3. The van der Waals surface area contributed by atoms with Gasteiger partial charge in [-0.1, -0.05) is 18.2 Å². The Morgan fingerprint density at radius 3 is 2.38 bits per heavy atom. The minimum absolute atomic E-state index is 0.469. The van der Waals surface area contributed by atoms with Gasteiger partial charge in [0.15, 0.2) is 11.5 Å². The highest BCUT2D eigenvalue weighted by Crippen LogP contribution is 2.44. The van der Waals surface area contributed by atoms with Gasteiger partial charge in [-0.2, -0.15) is 9.35 Å². The Balaban J connectivity index is 1.18. The van der Waals surface area contributed by atoms with Crippen molar-refractivity contribution in [3.63, 3.8) is 0 Å². The lowest BCUT2D eigenvalue weighted by Gasteiger charge is -2.36. The first-order chi connectivity index (χ1) is 18.8. The Labute approximate surface area is 230 Å². The van der Waals surface area contributed by atoms with E-state index in [1.54, 1.807) is 18.6 Å². The molecule has 1 aromatic carbocycles. The summed E-state index contributed by atoms with van der Waals surface area (Å²) >= 11 is 0. The lowest BCUT2D eigenvalue weighted by molar-refractivity contribution is 0.161. The number of hydrogen-bond acceptors (Lipinski definition) is 7. The molecule has 202 valence electrons. The molecule has 1 aliphatic carbocycles. The van der Waals surface area contributed by atoms with Crippen molar-refractivity contribution in [2.45, 2.75) is 62.4 Å². The van der Waals surface area contributed by atoms with E-state index in [1.165, 1.54) is 36.9 Å². The maximum absolute atomic E-state index is 12.3. The number of nitrogens with zero attached hydrogens (tertiary/aromatic N) is 6. The number of aromatic nitrogens is 4. The summed E-state index contributed by atoms with van der Waals surface area (Å²) < 4.78 is 18.7. The molecular weight excluding hydrogens is 506 g/mol. The molecule has 0 spiro atoms. The molecule has 2 atom stereocenters. The van der Waals surface area contributed by atoms with Crippen molar-refractivity contribution < 1.29 is 4.21 Å². The molecule has 9 heteroatoms. The van der Waals surface area contributed by atoms with Crippen LogP contribution in [0.5, 0.6) is 0 Å². The number of rotatable bonds is 6. The van der Waals surface area contributed by atoms with Gasteiger partial charge in [0.05, 0.1) is 0 Å². The number of hydrogen-bond donors (Lipinski definition) is 1. The van der Waals surface area contributed by atoms with Crippen molar-refractivity contribution in [2.24, 2.45) is 4.36 Å². The molecule has 2 aliphatic heterocycles. The van der Waals surface area contributed by atoms with Crippen molar-refractivity contribution in [3.05, 3.63) is 66.0 Å². The van der Waals surface area contributed by atoms with Crippen molar-refractivity contribution in [1.82, 2.24) is 24.4 Å². The fraction of sp³-hybridized carbons (Fsp3) is 0.433. The van der Waals surface area contributed by atoms with Crippen LogP contribution in [0.25, 0.3) is 16.9 Å². The average Bonchev–Trinajstić information content (AvgIpc) is 3.65. The predicted octanol–water partition coefficient (Wildman–Crippen LogP) is 6.14. The van der Waals surface area contributed by atoms with Gasteiger partial charge in [-0.25, -0.2) is 14.2 Å². The summed E-state index contributed by atoms with van der Waals surface area (Å²) in [5.41, 5.74) is 4.41. The predicted molar refractivity (Wildman–Crippen MR) is 157 cm³/mol. The minimum atomic E-state index is -2.31. The molecule has 1 saturated carbocycles. The molecule has 8 nitrogen and oxygen atoms in total. The highest BCUT2D eigenvalue weighted by atomic mass is 32.2. The molecule has 3 fully saturated rings. The lowest BCUT2D eigenvalue weighted by Crippen LogP contribution is -2.39. The first-order valence-electron chi connectivity index (χ1n) is 13.9. The van der Waals surface area contributed by atoms with E-state index < -0.39 is 9.73 Å². The molecule has 4 aromatic rings. The number of anilines is 2. The van der Waals surface area contributed by atoms with E-state index in [-0.39, 0.29) is 0 Å². The third kappa shape index (κ3) is 4.94. The van der Waals surface area contributed by atoms with Gasteiger partial charge in [0.1, 0.15) is 5.82 Å². The summed E-state index contributed by atoms with van der Waals surface area (Å²) in [4.78, 5) is 16.9. The van der Waals surface area contributed by atoms with Crippen LogP contribution in [0.1, 0.15) is 61.6 Å². The summed E-state index contributed by atoms with van der Waals surface area (Å²) in [5.74, 6) is 2.89. The number of benzene rings is 1. The zero-order valence-electron chi connectivity index (χ0n) is 22.7. The summed E-state index contributed by atoms with van der Waals surface area (Å²) in [6.45, 7) is 0. The molecule has 2 saturated heterocycles. The highest BCUT2D eigenvalue weighted by molar-refractivity contribution is 7.92. The lowest BCUT2D eigenvalue weighted by atomic mass is 9.85. The molecule has 0 radical (unpaired) electrons. The van der Waals surface area contributed by atoms with E-state index in [4.69, 9.17) is 9.97 Å². The topological polar surface area (TPSA) is 88.3 Å². The molecule has 7 rings (SSSR count). The van der Waals surface area contributed by atoms with Crippen LogP contribution in [0.3, 0.4) is 0 Å². The van der Waals surface area contributed by atoms with Crippen LogP contribution in [0, 0.1) is 0 Å². The average molecular weight is 542 g/mol. The number of pyridine rings is 1. The summed E-state index contributed by atoms with van der Waals surface area (Å²) in [6.07, 6.45) is 12.6. The van der Waals surface area contributed by atoms with Gasteiger partial charge in [0.2, 0.25) is 5.95 Å². The summed E-state index contributed by atoms with van der Waals surface area (Å²) in [6, 6.07) is 18.1. The van der Waals surface area contributed by atoms with Crippen molar-refractivity contribution in [2.75, 3.05) is 24.9 Å².